The molecule has 1 heterocycles. The van der Waals surface area contributed by atoms with Crippen molar-refractivity contribution in [3.63, 3.8) is 0 Å². The second kappa shape index (κ2) is 6.87. The molecule has 0 aliphatic carbocycles. The number of nitrogens with one attached hydrogen (secondary N) is 1. The first-order valence-electron chi connectivity index (χ1n) is 8.75. The van der Waals surface area contributed by atoms with Gasteiger partial charge in [-0.3, -0.25) is 9.59 Å². The molecule has 0 radical (unpaired) electrons. The summed E-state index contributed by atoms with van der Waals surface area (Å²) in [6, 6.07) is 11.3. The molecule has 27 heavy (non-hydrogen) atoms. The molecule has 0 fully saturated rings. The molecule has 140 valence electrons. The normalized spacial score (nSPS) is 15.7. The number of carbonyl (C=O) groups is 3. The summed E-state index contributed by atoms with van der Waals surface area (Å²) in [6.07, 6.45) is 1.18. The third-order valence-electron chi connectivity index (χ3n) is 5.08. The first-order valence-corrected chi connectivity index (χ1v) is 8.75. The number of hydrogen-bond donors (Lipinski definition) is 2. The summed E-state index contributed by atoms with van der Waals surface area (Å²) >= 11 is 0. The molecule has 2 aromatic rings. The molecule has 6 nitrogen and oxygen atoms in total. The summed E-state index contributed by atoms with van der Waals surface area (Å²) in [4.78, 5) is 37.4. The Kier molecular flexibility index (Phi) is 4.74. The molecule has 0 saturated carbocycles. The van der Waals surface area contributed by atoms with Crippen molar-refractivity contribution in [1.29, 1.82) is 0 Å². The Morgan fingerprint density at radius 2 is 1.70 bits per heavy atom. The van der Waals surface area contributed by atoms with Crippen LogP contribution in [0.1, 0.15) is 53.0 Å². The molecule has 1 aliphatic heterocycles. The van der Waals surface area contributed by atoms with Gasteiger partial charge in [0, 0.05) is 30.4 Å². The molecule has 0 spiro atoms. The molecule has 0 saturated heterocycles. The molecular formula is C21H22N2O4. The summed E-state index contributed by atoms with van der Waals surface area (Å²) in [5, 5.41) is 11.7. The van der Waals surface area contributed by atoms with Crippen LogP contribution in [-0.2, 0) is 10.2 Å². The van der Waals surface area contributed by atoms with Crippen molar-refractivity contribution in [3.05, 3.63) is 59.2 Å². The van der Waals surface area contributed by atoms with Crippen molar-refractivity contribution in [2.75, 3.05) is 17.3 Å². The molecule has 6 heteroatoms. The van der Waals surface area contributed by atoms with Crippen LogP contribution in [0.2, 0.25) is 0 Å². The lowest BCUT2D eigenvalue weighted by Crippen LogP contribution is -2.25. The van der Waals surface area contributed by atoms with Crippen molar-refractivity contribution < 1.29 is 19.5 Å². The van der Waals surface area contributed by atoms with Crippen molar-refractivity contribution in [2.45, 2.75) is 32.1 Å². The van der Waals surface area contributed by atoms with Crippen LogP contribution in [0.25, 0.3) is 0 Å². The molecule has 0 unspecified atom stereocenters. The van der Waals surface area contributed by atoms with Gasteiger partial charge in [-0.05, 0) is 59.9 Å². The number of amides is 2. The molecule has 2 amide bonds. The van der Waals surface area contributed by atoms with E-state index in [4.69, 9.17) is 5.11 Å². The number of benzene rings is 2. The number of carboxylic acids is 1. The fourth-order valence-corrected chi connectivity index (χ4v) is 3.27. The first kappa shape index (κ1) is 18.6. The van der Waals surface area contributed by atoms with E-state index in [2.05, 4.69) is 19.2 Å². The maximum Gasteiger partial charge on any atom is 0.335 e. The zero-order valence-corrected chi connectivity index (χ0v) is 15.6. The summed E-state index contributed by atoms with van der Waals surface area (Å²) in [6.45, 7) is 4.15. The Bertz CT molecular complexity index is 916. The van der Waals surface area contributed by atoms with Gasteiger partial charge in [0.1, 0.15) is 0 Å². The van der Waals surface area contributed by atoms with E-state index in [0.717, 1.165) is 11.3 Å². The monoisotopic (exact) mass is 366 g/mol. The second-order valence-corrected chi connectivity index (χ2v) is 7.41. The van der Waals surface area contributed by atoms with E-state index in [-0.39, 0.29) is 22.8 Å². The minimum atomic E-state index is -1.01. The number of fused-ring (bicyclic) bond motifs is 1. The second-order valence-electron chi connectivity index (χ2n) is 7.41. The van der Waals surface area contributed by atoms with Gasteiger partial charge >= 0.3 is 5.97 Å². The van der Waals surface area contributed by atoms with Crippen LogP contribution in [0.5, 0.6) is 0 Å². The van der Waals surface area contributed by atoms with Crippen LogP contribution in [-0.4, -0.2) is 29.9 Å². The summed E-state index contributed by atoms with van der Waals surface area (Å²) < 4.78 is 0. The number of carboxylic acid groups (broad SMARTS) is 1. The van der Waals surface area contributed by atoms with Gasteiger partial charge in [-0.1, -0.05) is 13.8 Å². The minimum Gasteiger partial charge on any atom is -0.478 e. The van der Waals surface area contributed by atoms with Crippen molar-refractivity contribution >= 4 is 29.2 Å². The molecule has 3 rings (SSSR count). The van der Waals surface area contributed by atoms with Crippen LogP contribution in [0.15, 0.2) is 42.5 Å². The maximum atomic E-state index is 12.7. The lowest BCUT2D eigenvalue weighted by atomic mass is 9.80. The lowest BCUT2D eigenvalue weighted by molar-refractivity contribution is -0.118. The van der Waals surface area contributed by atoms with E-state index in [1.165, 1.54) is 12.1 Å². The summed E-state index contributed by atoms with van der Waals surface area (Å²) in [5.74, 6) is -1.23. The third-order valence-corrected chi connectivity index (χ3v) is 5.08. The molecule has 2 N–H and O–H groups in total. The SMILES string of the molecule is CN1C(=O)CCC(C)(C)c2cc(C(=O)Nc3ccc(C(=O)O)cc3)ccc21. The van der Waals surface area contributed by atoms with E-state index < -0.39 is 5.97 Å². The first-order chi connectivity index (χ1) is 12.7. The van der Waals surface area contributed by atoms with Gasteiger partial charge in [-0.2, -0.15) is 0 Å². The maximum absolute atomic E-state index is 12.7. The van der Waals surface area contributed by atoms with Gasteiger partial charge < -0.3 is 15.3 Å². The number of hydrogen-bond acceptors (Lipinski definition) is 3. The van der Waals surface area contributed by atoms with Gasteiger partial charge in [0.25, 0.3) is 5.91 Å². The van der Waals surface area contributed by atoms with E-state index in [9.17, 15) is 14.4 Å². The smallest absolute Gasteiger partial charge is 0.335 e. The molecule has 0 aromatic heterocycles. The predicted molar refractivity (Wildman–Crippen MR) is 103 cm³/mol. The predicted octanol–water partition coefficient (Wildman–Crippen LogP) is 3.67. The highest BCUT2D eigenvalue weighted by Gasteiger charge is 2.32. The summed E-state index contributed by atoms with van der Waals surface area (Å²) in [5.41, 5.74) is 2.73. The molecule has 2 aromatic carbocycles. The van der Waals surface area contributed by atoms with Crippen LogP contribution in [0.4, 0.5) is 11.4 Å². The lowest BCUT2D eigenvalue weighted by Gasteiger charge is -2.26. The quantitative estimate of drug-likeness (QED) is 0.868. The Labute approximate surface area is 157 Å². The average molecular weight is 366 g/mol. The van der Waals surface area contributed by atoms with E-state index in [1.54, 1.807) is 30.1 Å². The third kappa shape index (κ3) is 3.69. The topological polar surface area (TPSA) is 86.7 Å². The van der Waals surface area contributed by atoms with Crippen LogP contribution in [0, 0.1) is 0 Å². The Morgan fingerprint density at radius 1 is 1.07 bits per heavy atom. The number of rotatable bonds is 3. The van der Waals surface area contributed by atoms with Crippen molar-refractivity contribution in [2.24, 2.45) is 0 Å². The summed E-state index contributed by atoms with van der Waals surface area (Å²) in [7, 11) is 1.76. The highest BCUT2D eigenvalue weighted by atomic mass is 16.4. The van der Waals surface area contributed by atoms with Gasteiger partial charge in [-0.25, -0.2) is 4.79 Å². The highest BCUT2D eigenvalue weighted by Crippen LogP contribution is 2.39. The number of nitrogens with zero attached hydrogens (tertiary/aromatic N) is 1. The molecule has 1 aliphatic rings. The van der Waals surface area contributed by atoms with Crippen LogP contribution < -0.4 is 10.2 Å². The van der Waals surface area contributed by atoms with Gasteiger partial charge in [-0.15, -0.1) is 0 Å². The van der Waals surface area contributed by atoms with E-state index >= 15 is 0 Å². The number of carbonyl (C=O) groups excluding carboxylic acids is 2. The number of anilines is 2. The Balaban J connectivity index is 1.89. The zero-order chi connectivity index (χ0) is 19.8. The molecule has 0 bridgehead atoms. The van der Waals surface area contributed by atoms with Crippen molar-refractivity contribution in [1.82, 2.24) is 0 Å². The fourth-order valence-electron chi connectivity index (χ4n) is 3.27. The Hall–Kier alpha value is -3.15. The van der Waals surface area contributed by atoms with E-state index in [1.807, 2.05) is 12.1 Å². The highest BCUT2D eigenvalue weighted by molar-refractivity contribution is 6.05. The number of aromatic carboxylic acids is 1. The minimum absolute atomic E-state index is 0.0672. The standard InChI is InChI=1S/C21H22N2O4/c1-21(2)11-10-18(24)23(3)17-9-6-14(12-16(17)21)19(25)22-15-7-4-13(5-8-15)20(26)27/h4-9,12H,10-11H2,1-3H3,(H,22,25)(H,26,27). The molecular weight excluding hydrogens is 344 g/mol. The van der Waals surface area contributed by atoms with E-state index in [0.29, 0.717) is 24.1 Å². The van der Waals surface area contributed by atoms with Crippen molar-refractivity contribution in [3.8, 4) is 0 Å². The average Bonchev–Trinajstić information content (AvgIpc) is 2.72. The molecule has 0 atom stereocenters. The zero-order valence-electron chi connectivity index (χ0n) is 15.6. The van der Waals surface area contributed by atoms with Gasteiger partial charge in [0.05, 0.1) is 5.56 Å². The fraction of sp³-hybridized carbons (Fsp3) is 0.286. The van der Waals surface area contributed by atoms with Gasteiger partial charge in [0.15, 0.2) is 0 Å². The largest absolute Gasteiger partial charge is 0.478 e. The Morgan fingerprint density at radius 3 is 2.33 bits per heavy atom. The van der Waals surface area contributed by atoms with Crippen LogP contribution >= 0.6 is 0 Å². The van der Waals surface area contributed by atoms with Crippen LogP contribution in [0.3, 0.4) is 0 Å². The van der Waals surface area contributed by atoms with Gasteiger partial charge in [0.2, 0.25) is 5.91 Å².